The summed E-state index contributed by atoms with van der Waals surface area (Å²) in [6.07, 6.45) is 5.93. The van der Waals surface area contributed by atoms with E-state index < -0.39 is 0 Å². The predicted octanol–water partition coefficient (Wildman–Crippen LogP) is 4.09. The first-order chi connectivity index (χ1) is 13.8. The van der Waals surface area contributed by atoms with Gasteiger partial charge in [-0.2, -0.15) is 0 Å². The fourth-order valence-electron chi connectivity index (χ4n) is 4.38. The fraction of sp³-hybridized carbons (Fsp3) is 0.318. The Morgan fingerprint density at radius 2 is 1.71 bits per heavy atom. The highest BCUT2D eigenvalue weighted by Gasteiger charge is 2.25. The number of hydrogen-bond acceptors (Lipinski definition) is 4. The number of hydrogen-bond donors (Lipinski definition) is 0. The normalized spacial score (nSPS) is 15.3. The van der Waals surface area contributed by atoms with Crippen molar-refractivity contribution in [1.29, 1.82) is 0 Å². The molecule has 6 nitrogen and oxygen atoms in total. The van der Waals surface area contributed by atoms with Gasteiger partial charge in [-0.25, -0.2) is 4.57 Å². The Kier molecular flexibility index (Phi) is 4.11. The van der Waals surface area contributed by atoms with Crippen molar-refractivity contribution < 1.29 is 4.74 Å². The molecule has 1 saturated carbocycles. The molecule has 142 valence electrons. The van der Waals surface area contributed by atoms with Crippen LogP contribution < -0.4 is 10.3 Å². The third-order valence-electron chi connectivity index (χ3n) is 5.75. The van der Waals surface area contributed by atoms with Crippen LogP contribution in [0.4, 0.5) is 0 Å². The summed E-state index contributed by atoms with van der Waals surface area (Å²) in [6, 6.07) is 15.2. The van der Waals surface area contributed by atoms with Gasteiger partial charge in [0.15, 0.2) is 0 Å². The number of rotatable bonds is 3. The van der Waals surface area contributed by atoms with Gasteiger partial charge in [-0.15, -0.1) is 10.2 Å². The zero-order valence-corrected chi connectivity index (χ0v) is 15.8. The van der Waals surface area contributed by atoms with Crippen LogP contribution in [0.1, 0.15) is 43.8 Å². The second-order valence-electron chi connectivity index (χ2n) is 7.36. The van der Waals surface area contributed by atoms with E-state index in [4.69, 9.17) is 4.74 Å². The quantitative estimate of drug-likeness (QED) is 0.542. The molecule has 0 amide bonds. The first-order valence-corrected chi connectivity index (χ1v) is 9.82. The number of aromatic nitrogens is 4. The average Bonchev–Trinajstić information content (AvgIpc) is 3.20. The molecule has 1 aliphatic carbocycles. The van der Waals surface area contributed by atoms with E-state index in [1.807, 2.05) is 48.5 Å². The summed E-state index contributed by atoms with van der Waals surface area (Å²) in [4.78, 5) is 13.4. The average molecular weight is 374 g/mol. The lowest BCUT2D eigenvalue weighted by molar-refractivity contribution is 0.412. The molecule has 2 aromatic carbocycles. The molecular weight excluding hydrogens is 352 g/mol. The van der Waals surface area contributed by atoms with Gasteiger partial charge in [-0.3, -0.25) is 9.20 Å². The maximum atomic E-state index is 13.4. The summed E-state index contributed by atoms with van der Waals surface area (Å²) >= 11 is 0. The monoisotopic (exact) mass is 374 g/mol. The lowest BCUT2D eigenvalue weighted by atomic mass is 9.89. The molecule has 0 bridgehead atoms. The van der Waals surface area contributed by atoms with E-state index in [2.05, 4.69) is 14.6 Å². The molecule has 0 spiro atoms. The molecule has 0 saturated heterocycles. The maximum absolute atomic E-state index is 13.4. The van der Waals surface area contributed by atoms with Crippen LogP contribution in [0.15, 0.2) is 53.3 Å². The second-order valence-corrected chi connectivity index (χ2v) is 7.36. The lowest BCUT2D eigenvalue weighted by Gasteiger charge is -2.21. The minimum absolute atomic E-state index is 0.116. The Morgan fingerprint density at radius 1 is 0.964 bits per heavy atom. The molecule has 0 unspecified atom stereocenters. The first kappa shape index (κ1) is 17.0. The molecular formula is C22H22N4O2. The third-order valence-corrected chi connectivity index (χ3v) is 5.75. The van der Waals surface area contributed by atoms with E-state index in [-0.39, 0.29) is 5.56 Å². The molecule has 28 heavy (non-hydrogen) atoms. The minimum Gasteiger partial charge on any atom is -0.495 e. The van der Waals surface area contributed by atoms with Crippen molar-refractivity contribution in [1.82, 2.24) is 19.2 Å². The Morgan fingerprint density at radius 3 is 2.54 bits per heavy atom. The summed E-state index contributed by atoms with van der Waals surface area (Å²) < 4.78 is 9.22. The SMILES string of the molecule is COc1ccccc1-n1c(=O)c2ccccc2n2c(C3CCCCC3)nnc12. The van der Waals surface area contributed by atoms with Crippen molar-refractivity contribution in [3.05, 3.63) is 64.7 Å². The third kappa shape index (κ3) is 2.52. The molecule has 6 heteroatoms. The van der Waals surface area contributed by atoms with Gasteiger partial charge in [-0.1, -0.05) is 43.5 Å². The van der Waals surface area contributed by atoms with Crippen LogP contribution in [0.25, 0.3) is 22.4 Å². The summed E-state index contributed by atoms with van der Waals surface area (Å²) in [5.41, 5.74) is 1.42. The summed E-state index contributed by atoms with van der Waals surface area (Å²) in [6.45, 7) is 0. The van der Waals surface area contributed by atoms with Crippen LogP contribution in [-0.2, 0) is 0 Å². The summed E-state index contributed by atoms with van der Waals surface area (Å²) in [5, 5.41) is 9.69. The van der Waals surface area contributed by atoms with E-state index in [9.17, 15) is 4.79 Å². The molecule has 4 aromatic rings. The summed E-state index contributed by atoms with van der Waals surface area (Å²) in [5.74, 6) is 2.49. The molecule has 1 aliphatic rings. The van der Waals surface area contributed by atoms with Crippen LogP contribution in [-0.4, -0.2) is 26.3 Å². The molecule has 0 atom stereocenters. The van der Waals surface area contributed by atoms with Crippen molar-refractivity contribution in [3.8, 4) is 11.4 Å². The van der Waals surface area contributed by atoms with Crippen molar-refractivity contribution in [2.24, 2.45) is 0 Å². The molecule has 0 aliphatic heterocycles. The van der Waals surface area contributed by atoms with Crippen molar-refractivity contribution >= 4 is 16.7 Å². The Hall–Kier alpha value is -3.15. The zero-order chi connectivity index (χ0) is 19.1. The number of ether oxygens (including phenoxy) is 1. The molecule has 5 rings (SSSR count). The number of nitrogens with zero attached hydrogens (tertiary/aromatic N) is 4. The van der Waals surface area contributed by atoms with Crippen molar-refractivity contribution in [2.75, 3.05) is 7.11 Å². The van der Waals surface area contributed by atoms with Crippen LogP contribution in [0.3, 0.4) is 0 Å². The second kappa shape index (κ2) is 6.78. The smallest absolute Gasteiger partial charge is 0.267 e. The van der Waals surface area contributed by atoms with Crippen LogP contribution in [0.2, 0.25) is 0 Å². The molecule has 2 aromatic heterocycles. The van der Waals surface area contributed by atoms with Gasteiger partial charge in [0, 0.05) is 5.92 Å². The largest absolute Gasteiger partial charge is 0.495 e. The molecule has 2 heterocycles. The van der Waals surface area contributed by atoms with Gasteiger partial charge in [0.1, 0.15) is 11.6 Å². The Balaban J connectivity index is 1.89. The Bertz CT molecular complexity index is 1220. The predicted molar refractivity (Wildman–Crippen MR) is 108 cm³/mol. The van der Waals surface area contributed by atoms with E-state index in [1.54, 1.807) is 11.7 Å². The molecule has 0 radical (unpaired) electrons. The lowest BCUT2D eigenvalue weighted by Crippen LogP contribution is -2.23. The number of para-hydroxylation sites is 3. The van der Waals surface area contributed by atoms with Crippen molar-refractivity contribution in [2.45, 2.75) is 38.0 Å². The number of methoxy groups -OCH3 is 1. The number of benzene rings is 2. The van der Waals surface area contributed by atoms with Gasteiger partial charge in [0.25, 0.3) is 5.56 Å². The van der Waals surface area contributed by atoms with Gasteiger partial charge < -0.3 is 4.74 Å². The van der Waals surface area contributed by atoms with Gasteiger partial charge >= 0.3 is 0 Å². The van der Waals surface area contributed by atoms with Crippen LogP contribution >= 0.6 is 0 Å². The number of fused-ring (bicyclic) bond motifs is 3. The summed E-state index contributed by atoms with van der Waals surface area (Å²) in [7, 11) is 1.61. The van der Waals surface area contributed by atoms with Gasteiger partial charge in [0.2, 0.25) is 5.78 Å². The maximum Gasteiger partial charge on any atom is 0.267 e. The van der Waals surface area contributed by atoms with E-state index in [0.717, 1.165) is 24.2 Å². The Labute approximate surface area is 162 Å². The zero-order valence-electron chi connectivity index (χ0n) is 15.8. The van der Waals surface area contributed by atoms with E-state index in [0.29, 0.717) is 28.5 Å². The minimum atomic E-state index is -0.116. The van der Waals surface area contributed by atoms with Crippen LogP contribution in [0.5, 0.6) is 5.75 Å². The van der Waals surface area contributed by atoms with E-state index >= 15 is 0 Å². The van der Waals surface area contributed by atoms with E-state index in [1.165, 1.54) is 19.3 Å². The molecule has 1 fully saturated rings. The van der Waals surface area contributed by atoms with Crippen molar-refractivity contribution in [3.63, 3.8) is 0 Å². The van der Waals surface area contributed by atoms with Gasteiger partial charge in [-0.05, 0) is 37.1 Å². The fourth-order valence-corrected chi connectivity index (χ4v) is 4.38. The highest BCUT2D eigenvalue weighted by Crippen LogP contribution is 2.33. The first-order valence-electron chi connectivity index (χ1n) is 9.82. The highest BCUT2D eigenvalue weighted by molar-refractivity contribution is 5.81. The van der Waals surface area contributed by atoms with Crippen LogP contribution in [0, 0.1) is 0 Å². The highest BCUT2D eigenvalue weighted by atomic mass is 16.5. The topological polar surface area (TPSA) is 61.4 Å². The van der Waals surface area contributed by atoms with Gasteiger partial charge in [0.05, 0.1) is 23.7 Å². The standard InChI is InChI=1S/C22H22N4O2/c1-28-19-14-8-7-13-18(19)26-21(27)16-11-5-6-12-17(16)25-20(23-24-22(25)26)15-9-3-2-4-10-15/h5-8,11-15H,2-4,9-10H2,1H3. The molecule has 0 N–H and O–H groups in total.